The lowest BCUT2D eigenvalue weighted by molar-refractivity contribution is -0.160. The second-order valence-corrected chi connectivity index (χ2v) is 8.67. The second-order valence-electron chi connectivity index (χ2n) is 8.67. The van der Waals surface area contributed by atoms with E-state index in [0.29, 0.717) is 29.8 Å². The largest absolute Gasteiger partial charge is 0.398 e. The van der Waals surface area contributed by atoms with Crippen LogP contribution in [0.3, 0.4) is 0 Å². The normalized spacial score (nSPS) is 22.2. The molecule has 1 saturated heterocycles. The number of hydrogen-bond donors (Lipinski definition) is 1. The smallest absolute Gasteiger partial charge is 0.380 e. The number of aromatic nitrogens is 1. The highest BCUT2D eigenvalue weighted by molar-refractivity contribution is 5.45. The van der Waals surface area contributed by atoms with Crippen LogP contribution in [0.2, 0.25) is 0 Å². The summed E-state index contributed by atoms with van der Waals surface area (Å²) < 4.78 is 40.4. The van der Waals surface area contributed by atoms with E-state index in [1.807, 2.05) is 20.0 Å². The molecule has 4 rings (SSSR count). The lowest BCUT2D eigenvalue weighted by Gasteiger charge is -2.55. The number of rotatable bonds is 4. The molecule has 1 aromatic carbocycles. The van der Waals surface area contributed by atoms with Crippen molar-refractivity contribution in [2.24, 2.45) is 5.41 Å². The zero-order chi connectivity index (χ0) is 21.1. The van der Waals surface area contributed by atoms with Gasteiger partial charge in [-0.2, -0.15) is 18.4 Å². The van der Waals surface area contributed by atoms with E-state index in [1.54, 1.807) is 18.2 Å². The number of halogens is 3. The third-order valence-corrected chi connectivity index (χ3v) is 6.54. The van der Waals surface area contributed by atoms with Gasteiger partial charge in [-0.1, -0.05) is 31.2 Å². The van der Waals surface area contributed by atoms with E-state index in [0.717, 1.165) is 0 Å². The molecule has 152 valence electrons. The molecule has 2 heterocycles. The molecule has 7 heteroatoms. The van der Waals surface area contributed by atoms with Gasteiger partial charge in [0, 0.05) is 36.5 Å². The first-order valence-corrected chi connectivity index (χ1v) is 9.50. The van der Waals surface area contributed by atoms with Crippen LogP contribution in [0.4, 0.5) is 13.2 Å². The van der Waals surface area contributed by atoms with Crippen molar-refractivity contribution in [3.8, 4) is 6.07 Å². The van der Waals surface area contributed by atoms with E-state index in [4.69, 9.17) is 0 Å². The average molecular weight is 401 g/mol. The Kier molecular flexibility index (Phi) is 4.30. The molecule has 1 atom stereocenters. The average Bonchev–Trinajstić information content (AvgIpc) is 3.48. The molecule has 2 aliphatic rings. The zero-order valence-corrected chi connectivity index (χ0v) is 16.3. The van der Waals surface area contributed by atoms with Crippen molar-refractivity contribution in [2.45, 2.75) is 37.0 Å². The van der Waals surface area contributed by atoms with E-state index in [-0.39, 0.29) is 18.4 Å². The number of benzene rings is 1. The van der Waals surface area contributed by atoms with Gasteiger partial charge in [-0.05, 0) is 37.1 Å². The molecule has 2 aromatic rings. The third-order valence-electron chi connectivity index (χ3n) is 6.54. The van der Waals surface area contributed by atoms with Gasteiger partial charge in [-0.15, -0.1) is 0 Å². The van der Waals surface area contributed by atoms with Crippen LogP contribution < -0.4 is 0 Å². The lowest BCUT2D eigenvalue weighted by atomic mass is 9.62. The van der Waals surface area contributed by atoms with Crippen LogP contribution in [-0.4, -0.2) is 41.3 Å². The summed E-state index contributed by atoms with van der Waals surface area (Å²) in [6.45, 7) is 3.15. The monoisotopic (exact) mass is 401 g/mol. The van der Waals surface area contributed by atoms with Crippen LogP contribution in [0.1, 0.15) is 42.0 Å². The molecule has 0 amide bonds. The van der Waals surface area contributed by atoms with Crippen molar-refractivity contribution in [1.82, 2.24) is 9.88 Å². The van der Waals surface area contributed by atoms with E-state index in [2.05, 4.69) is 9.88 Å². The van der Waals surface area contributed by atoms with E-state index in [9.17, 15) is 23.5 Å². The van der Waals surface area contributed by atoms with Crippen molar-refractivity contribution in [3.63, 3.8) is 0 Å². The van der Waals surface area contributed by atoms with Crippen molar-refractivity contribution >= 4 is 0 Å². The molecule has 0 bridgehead atoms. The van der Waals surface area contributed by atoms with Gasteiger partial charge in [-0.3, -0.25) is 4.98 Å². The minimum Gasteiger partial charge on any atom is -0.380 e. The van der Waals surface area contributed by atoms with Gasteiger partial charge in [0.15, 0.2) is 0 Å². The highest BCUT2D eigenvalue weighted by atomic mass is 19.4. The van der Waals surface area contributed by atoms with Crippen LogP contribution >= 0.6 is 0 Å². The van der Waals surface area contributed by atoms with Gasteiger partial charge in [0.1, 0.15) is 11.7 Å². The summed E-state index contributed by atoms with van der Waals surface area (Å²) >= 11 is 0. The molecular weight excluding hydrogens is 379 g/mol. The number of alkyl halides is 3. The Labute approximate surface area is 167 Å². The Morgan fingerprint density at radius 3 is 2.21 bits per heavy atom. The van der Waals surface area contributed by atoms with Gasteiger partial charge >= 0.3 is 6.18 Å². The fourth-order valence-electron chi connectivity index (χ4n) is 4.83. The number of nitrogens with zero attached hydrogens (tertiary/aromatic N) is 3. The molecule has 1 N–H and O–H groups in total. The molecule has 0 radical (unpaired) electrons. The number of aliphatic hydroxyl groups is 1. The van der Waals surface area contributed by atoms with Gasteiger partial charge in [0.25, 0.3) is 0 Å². The first-order chi connectivity index (χ1) is 13.6. The highest BCUT2D eigenvalue weighted by Gasteiger charge is 2.64. The maximum atomic E-state index is 13.5. The minimum atomic E-state index is -4.28. The summed E-state index contributed by atoms with van der Waals surface area (Å²) in [5.41, 5.74) is -2.28. The first-order valence-electron chi connectivity index (χ1n) is 9.50. The van der Waals surface area contributed by atoms with Crippen LogP contribution in [0.5, 0.6) is 0 Å². The van der Waals surface area contributed by atoms with E-state index in [1.165, 1.54) is 24.5 Å². The number of nitriles is 1. The third kappa shape index (κ3) is 2.85. The first kappa shape index (κ1) is 19.9. The zero-order valence-electron chi connectivity index (χ0n) is 16.3. The number of likely N-dealkylation sites (tertiary alicyclic amines) is 1. The predicted octanol–water partition coefficient (Wildman–Crippen LogP) is 3.73. The fraction of sp³-hybridized carbons (Fsp3) is 0.455. The molecule has 1 saturated carbocycles. The summed E-state index contributed by atoms with van der Waals surface area (Å²) in [4.78, 5) is 6.15. The molecule has 4 nitrogen and oxygen atoms in total. The standard InChI is InChI=1S/C22H22F3N3O/c1-19(13-28(2)14-19)21(29,18-9-15(10-26)11-27-12-18)17-5-3-16(4-6-17)20(7-8-20)22(23,24)25/h3-6,9,11-12,29H,7-8,13-14H2,1-2H3/t21-/m0/s1. The Balaban J connectivity index is 1.80. The van der Waals surface area contributed by atoms with Gasteiger partial charge in [0.05, 0.1) is 11.0 Å². The maximum absolute atomic E-state index is 13.5. The van der Waals surface area contributed by atoms with E-state index < -0.39 is 22.6 Å². The molecule has 0 spiro atoms. The maximum Gasteiger partial charge on any atom is 0.398 e. The fourth-order valence-corrected chi connectivity index (χ4v) is 4.83. The van der Waals surface area contributed by atoms with Gasteiger partial charge in [0.2, 0.25) is 0 Å². The summed E-state index contributed by atoms with van der Waals surface area (Å²) in [7, 11) is 1.94. The molecule has 29 heavy (non-hydrogen) atoms. The molecule has 2 fully saturated rings. The molecule has 1 aromatic heterocycles. The summed E-state index contributed by atoms with van der Waals surface area (Å²) in [6, 6.07) is 9.77. The Bertz CT molecular complexity index is 970. The van der Waals surface area contributed by atoms with Crippen molar-refractivity contribution in [3.05, 3.63) is 65.0 Å². The molecular formula is C22H22F3N3O. The van der Waals surface area contributed by atoms with Crippen LogP contribution in [0.15, 0.2) is 42.7 Å². The Morgan fingerprint density at radius 1 is 1.10 bits per heavy atom. The van der Waals surface area contributed by atoms with Crippen molar-refractivity contribution in [2.75, 3.05) is 20.1 Å². The number of hydrogen-bond acceptors (Lipinski definition) is 4. The molecule has 0 unspecified atom stereocenters. The molecule has 1 aliphatic heterocycles. The molecule has 1 aliphatic carbocycles. The SMILES string of the molecule is CN1CC(C)([C@](O)(c2ccc(C3(C(F)(F)F)CC3)cc2)c2cncc(C#N)c2)C1. The van der Waals surface area contributed by atoms with E-state index >= 15 is 0 Å². The highest BCUT2D eigenvalue weighted by Crippen LogP contribution is 2.59. The summed E-state index contributed by atoms with van der Waals surface area (Å²) in [6.07, 6.45) is -1.15. The van der Waals surface area contributed by atoms with Crippen LogP contribution in [0, 0.1) is 16.7 Å². The Hall–Kier alpha value is -2.43. The lowest BCUT2D eigenvalue weighted by Crippen LogP contribution is -2.63. The van der Waals surface area contributed by atoms with Crippen molar-refractivity contribution < 1.29 is 18.3 Å². The summed E-state index contributed by atoms with van der Waals surface area (Å²) in [5.74, 6) is 0. The quantitative estimate of drug-likeness (QED) is 0.848. The van der Waals surface area contributed by atoms with Gasteiger partial charge < -0.3 is 10.0 Å². The Morgan fingerprint density at radius 2 is 1.72 bits per heavy atom. The predicted molar refractivity (Wildman–Crippen MR) is 101 cm³/mol. The minimum absolute atomic E-state index is 0.0940. The van der Waals surface area contributed by atoms with Crippen LogP contribution in [-0.2, 0) is 11.0 Å². The second kappa shape index (κ2) is 6.28. The van der Waals surface area contributed by atoms with Gasteiger partial charge in [-0.25, -0.2) is 0 Å². The summed E-state index contributed by atoms with van der Waals surface area (Å²) in [5, 5.41) is 21.2. The van der Waals surface area contributed by atoms with Crippen LogP contribution in [0.25, 0.3) is 0 Å². The van der Waals surface area contributed by atoms with Crippen molar-refractivity contribution in [1.29, 1.82) is 5.26 Å². The topological polar surface area (TPSA) is 60.1 Å². The number of pyridine rings is 1.